The molecule has 4 N–H and O–H groups in total. The van der Waals surface area contributed by atoms with Gasteiger partial charge in [0.25, 0.3) is 15.9 Å². The largest absolute Gasteiger partial charge is 0.392 e. The van der Waals surface area contributed by atoms with Gasteiger partial charge in [0.2, 0.25) is 0 Å². The predicted octanol–water partition coefficient (Wildman–Crippen LogP) is 3.15. The summed E-state index contributed by atoms with van der Waals surface area (Å²) in [7, 11) is -4.00. The molecule has 37 heavy (non-hydrogen) atoms. The van der Waals surface area contributed by atoms with E-state index in [0.717, 1.165) is 3.97 Å². The Hall–Kier alpha value is -4.31. The minimum atomic E-state index is -4.00. The van der Waals surface area contributed by atoms with Crippen molar-refractivity contribution in [3.63, 3.8) is 0 Å². The van der Waals surface area contributed by atoms with E-state index >= 15 is 0 Å². The van der Waals surface area contributed by atoms with E-state index in [4.69, 9.17) is 5.73 Å². The molecule has 3 aromatic carbocycles. The number of carbonyl (C=O) groups excluding carboxylic acids is 1. The van der Waals surface area contributed by atoms with Gasteiger partial charge in [0, 0.05) is 23.3 Å². The first-order valence-electron chi connectivity index (χ1n) is 11.4. The summed E-state index contributed by atoms with van der Waals surface area (Å²) in [6.07, 6.45) is 2.87. The van der Waals surface area contributed by atoms with Crippen molar-refractivity contribution in [3.8, 4) is 11.1 Å². The highest BCUT2D eigenvalue weighted by molar-refractivity contribution is 7.90. The molecule has 2 heterocycles. The fraction of sp³-hybridized carbons (Fsp3) is 0.0714. The molecule has 1 amide bonds. The van der Waals surface area contributed by atoms with Gasteiger partial charge in [0.15, 0.2) is 11.2 Å². The van der Waals surface area contributed by atoms with Gasteiger partial charge in [-0.05, 0) is 46.5 Å². The highest BCUT2D eigenvalue weighted by Crippen LogP contribution is 2.36. The van der Waals surface area contributed by atoms with Crippen LogP contribution in [0.25, 0.3) is 22.2 Å². The van der Waals surface area contributed by atoms with Crippen molar-refractivity contribution in [2.75, 3.05) is 0 Å². The third kappa shape index (κ3) is 4.09. The monoisotopic (exact) mass is 513 g/mol. The number of benzene rings is 3. The van der Waals surface area contributed by atoms with Crippen molar-refractivity contribution in [1.29, 1.82) is 0 Å². The van der Waals surface area contributed by atoms with Crippen LogP contribution in [0.2, 0.25) is 0 Å². The Labute approximate surface area is 213 Å². The minimum absolute atomic E-state index is 0.0902. The van der Waals surface area contributed by atoms with Gasteiger partial charge in [-0.3, -0.25) is 4.79 Å². The van der Waals surface area contributed by atoms with Crippen LogP contribution in [0.1, 0.15) is 16.7 Å². The zero-order valence-electron chi connectivity index (χ0n) is 19.5. The standard InChI is InChI=1S/C28H23N3O5S/c29-27(33)28(34,21-9-3-1-4-10-21)22-11-7-8-20(15-22)25-17-31(26-24(25)14-19(18-32)16-30-26)37(35,36)23-12-5-2-6-13-23/h1-17,32,34H,18H2,(H2,29,33). The van der Waals surface area contributed by atoms with Crippen LogP contribution >= 0.6 is 0 Å². The lowest BCUT2D eigenvalue weighted by Gasteiger charge is -2.26. The average molecular weight is 514 g/mol. The first-order valence-corrected chi connectivity index (χ1v) is 12.8. The van der Waals surface area contributed by atoms with Crippen LogP contribution < -0.4 is 5.73 Å². The summed E-state index contributed by atoms with van der Waals surface area (Å²) >= 11 is 0. The highest BCUT2D eigenvalue weighted by Gasteiger charge is 2.38. The Balaban J connectivity index is 1.74. The van der Waals surface area contributed by atoms with E-state index in [2.05, 4.69) is 4.98 Å². The number of nitrogens with zero attached hydrogens (tertiary/aromatic N) is 2. The number of nitrogens with two attached hydrogens (primary N) is 1. The van der Waals surface area contributed by atoms with Crippen LogP contribution in [0.4, 0.5) is 0 Å². The number of aliphatic hydroxyl groups excluding tert-OH is 1. The lowest BCUT2D eigenvalue weighted by Crippen LogP contribution is -2.42. The number of carbonyl (C=O) groups is 1. The van der Waals surface area contributed by atoms with Crippen molar-refractivity contribution < 1.29 is 23.4 Å². The highest BCUT2D eigenvalue weighted by atomic mass is 32.2. The summed E-state index contributed by atoms with van der Waals surface area (Å²) in [4.78, 5) is 16.9. The molecule has 0 aliphatic heterocycles. The smallest absolute Gasteiger partial charge is 0.269 e. The number of aromatic nitrogens is 2. The molecule has 9 heteroatoms. The number of hydrogen-bond acceptors (Lipinski definition) is 6. The van der Waals surface area contributed by atoms with Crippen LogP contribution in [0, 0.1) is 0 Å². The summed E-state index contributed by atoms with van der Waals surface area (Å²) < 4.78 is 28.1. The molecule has 1 unspecified atom stereocenters. The summed E-state index contributed by atoms with van der Waals surface area (Å²) in [5.41, 5.74) is 5.77. The number of aliphatic hydroxyl groups is 2. The second kappa shape index (κ2) is 9.29. The van der Waals surface area contributed by atoms with E-state index in [9.17, 15) is 23.4 Å². The minimum Gasteiger partial charge on any atom is -0.392 e. The van der Waals surface area contributed by atoms with E-state index in [1.165, 1.54) is 24.5 Å². The normalized spacial score (nSPS) is 13.4. The van der Waals surface area contributed by atoms with Crippen molar-refractivity contribution in [2.24, 2.45) is 5.73 Å². The maximum atomic E-state index is 13.5. The molecule has 0 spiro atoms. The Morgan fingerprint density at radius 2 is 1.57 bits per heavy atom. The fourth-order valence-electron chi connectivity index (χ4n) is 4.37. The molecule has 5 aromatic rings. The molecule has 0 fully saturated rings. The Kier molecular flexibility index (Phi) is 6.12. The molecule has 186 valence electrons. The summed E-state index contributed by atoms with van der Waals surface area (Å²) in [5, 5.41) is 21.6. The van der Waals surface area contributed by atoms with Crippen LogP contribution in [-0.2, 0) is 27.0 Å². The van der Waals surface area contributed by atoms with Gasteiger partial charge in [-0.2, -0.15) is 0 Å². The summed E-state index contributed by atoms with van der Waals surface area (Å²) in [6, 6.07) is 24.6. The molecule has 8 nitrogen and oxygen atoms in total. The number of pyridine rings is 1. The second-order valence-corrected chi connectivity index (χ2v) is 10.4. The first-order chi connectivity index (χ1) is 17.8. The van der Waals surface area contributed by atoms with Gasteiger partial charge in [0.1, 0.15) is 0 Å². The van der Waals surface area contributed by atoms with E-state index in [1.54, 1.807) is 78.9 Å². The third-order valence-electron chi connectivity index (χ3n) is 6.29. The van der Waals surface area contributed by atoms with Gasteiger partial charge < -0.3 is 15.9 Å². The van der Waals surface area contributed by atoms with Crippen LogP contribution in [-0.4, -0.2) is 33.5 Å². The Bertz CT molecular complexity index is 1720. The Morgan fingerprint density at radius 1 is 0.919 bits per heavy atom. The number of amides is 1. The second-order valence-electron chi connectivity index (χ2n) is 8.55. The van der Waals surface area contributed by atoms with Crippen LogP contribution in [0.5, 0.6) is 0 Å². The molecule has 0 saturated carbocycles. The number of fused-ring (bicyclic) bond motifs is 1. The summed E-state index contributed by atoms with van der Waals surface area (Å²) in [5.74, 6) is -0.950. The van der Waals surface area contributed by atoms with Gasteiger partial charge in [-0.25, -0.2) is 17.4 Å². The molecule has 0 saturated heterocycles. The van der Waals surface area contributed by atoms with E-state index in [-0.39, 0.29) is 22.7 Å². The zero-order valence-corrected chi connectivity index (χ0v) is 20.3. The van der Waals surface area contributed by atoms with Crippen molar-refractivity contribution in [3.05, 3.63) is 120 Å². The van der Waals surface area contributed by atoms with E-state index < -0.39 is 21.5 Å². The topological polar surface area (TPSA) is 136 Å². The summed E-state index contributed by atoms with van der Waals surface area (Å²) in [6.45, 7) is -0.283. The lowest BCUT2D eigenvalue weighted by molar-refractivity contribution is -0.133. The SMILES string of the molecule is NC(=O)C(O)(c1ccccc1)c1cccc(-c2cn(S(=O)(=O)c3ccccc3)c3ncc(CO)cc23)c1. The number of primary amides is 1. The molecule has 2 aromatic heterocycles. The Morgan fingerprint density at radius 3 is 2.22 bits per heavy atom. The van der Waals surface area contributed by atoms with E-state index in [1.807, 2.05) is 0 Å². The lowest BCUT2D eigenvalue weighted by atomic mass is 9.84. The number of rotatable bonds is 7. The molecular formula is C28H23N3O5S. The third-order valence-corrected chi connectivity index (χ3v) is 7.95. The predicted molar refractivity (Wildman–Crippen MR) is 139 cm³/mol. The van der Waals surface area contributed by atoms with Crippen LogP contribution in [0.3, 0.4) is 0 Å². The molecular weight excluding hydrogens is 490 g/mol. The van der Waals surface area contributed by atoms with Crippen molar-refractivity contribution in [2.45, 2.75) is 17.1 Å². The van der Waals surface area contributed by atoms with E-state index in [0.29, 0.717) is 27.6 Å². The van der Waals surface area contributed by atoms with Gasteiger partial charge in [-0.1, -0.05) is 66.7 Å². The first kappa shape index (κ1) is 24.4. The van der Waals surface area contributed by atoms with Gasteiger partial charge >= 0.3 is 0 Å². The fourth-order valence-corrected chi connectivity index (χ4v) is 5.72. The van der Waals surface area contributed by atoms with Gasteiger partial charge in [-0.15, -0.1) is 0 Å². The maximum Gasteiger partial charge on any atom is 0.269 e. The molecule has 0 aliphatic rings. The van der Waals surface area contributed by atoms with Crippen molar-refractivity contribution in [1.82, 2.24) is 8.96 Å². The molecule has 0 aliphatic carbocycles. The van der Waals surface area contributed by atoms with Crippen molar-refractivity contribution >= 4 is 27.0 Å². The van der Waals surface area contributed by atoms with Crippen LogP contribution in [0.15, 0.2) is 108 Å². The molecule has 0 bridgehead atoms. The molecule has 0 radical (unpaired) electrons. The number of hydrogen-bond donors (Lipinski definition) is 3. The van der Waals surface area contributed by atoms with Gasteiger partial charge in [0.05, 0.1) is 11.5 Å². The maximum absolute atomic E-state index is 13.5. The molecule has 1 atom stereocenters. The average Bonchev–Trinajstić information content (AvgIpc) is 3.33. The zero-order chi connectivity index (χ0) is 26.2. The quantitative estimate of drug-likeness (QED) is 0.306. The molecule has 5 rings (SSSR count).